The predicted molar refractivity (Wildman–Crippen MR) is 100 cm³/mol. The fourth-order valence-electron chi connectivity index (χ4n) is 3.31. The van der Waals surface area contributed by atoms with E-state index in [-0.39, 0.29) is 0 Å². The molecule has 2 nitrogen and oxygen atoms in total. The molecule has 0 fully saturated rings. The van der Waals surface area contributed by atoms with Crippen molar-refractivity contribution in [3.05, 3.63) is 65.7 Å². The lowest BCUT2D eigenvalue weighted by atomic mass is 10.00. The van der Waals surface area contributed by atoms with E-state index in [2.05, 4.69) is 78.7 Å². The first-order valence-electron chi connectivity index (χ1n) is 7.96. The number of fused-ring (bicyclic) bond motifs is 3. The van der Waals surface area contributed by atoms with Crippen molar-refractivity contribution < 1.29 is 0 Å². The highest BCUT2D eigenvalue weighted by Crippen LogP contribution is 2.33. The lowest BCUT2D eigenvalue weighted by Crippen LogP contribution is -1.92. The topological polar surface area (TPSA) is 27.8 Å². The molecular formula is C21H20N2. The largest absolute Gasteiger partial charge is 0.388 e. The Morgan fingerprint density at radius 1 is 0.739 bits per heavy atom. The lowest BCUT2D eigenvalue weighted by Gasteiger charge is -2.10. The molecule has 3 aromatic carbocycles. The molecule has 4 aromatic rings. The molecular weight excluding hydrogens is 280 g/mol. The summed E-state index contributed by atoms with van der Waals surface area (Å²) in [5.74, 6) is 0. The van der Waals surface area contributed by atoms with Gasteiger partial charge in [0.1, 0.15) is 0 Å². The van der Waals surface area contributed by atoms with Gasteiger partial charge < -0.3 is 10.3 Å². The van der Waals surface area contributed by atoms with E-state index in [1.165, 1.54) is 44.1 Å². The number of aromatic nitrogens is 1. The molecule has 0 radical (unpaired) electrons. The minimum absolute atomic E-state index is 1.16. The fourth-order valence-corrected chi connectivity index (χ4v) is 3.31. The molecule has 0 unspecified atom stereocenters. The molecule has 0 atom stereocenters. The summed E-state index contributed by atoms with van der Waals surface area (Å²) >= 11 is 0. The average Bonchev–Trinajstić information content (AvgIpc) is 2.90. The van der Waals surface area contributed by atoms with Gasteiger partial charge in [0.05, 0.1) is 0 Å². The third-order valence-electron chi connectivity index (χ3n) is 4.51. The van der Waals surface area contributed by atoms with Crippen LogP contribution in [0.1, 0.15) is 11.1 Å². The molecule has 4 rings (SSSR count). The van der Waals surface area contributed by atoms with E-state index in [9.17, 15) is 0 Å². The van der Waals surface area contributed by atoms with Crippen molar-refractivity contribution in [1.29, 1.82) is 0 Å². The van der Waals surface area contributed by atoms with E-state index in [4.69, 9.17) is 0 Å². The van der Waals surface area contributed by atoms with E-state index in [1.807, 2.05) is 7.05 Å². The van der Waals surface area contributed by atoms with E-state index in [1.54, 1.807) is 0 Å². The second-order valence-electron chi connectivity index (χ2n) is 6.23. The Balaban J connectivity index is 1.94. The van der Waals surface area contributed by atoms with Crippen molar-refractivity contribution in [2.75, 3.05) is 12.4 Å². The van der Waals surface area contributed by atoms with Gasteiger partial charge >= 0.3 is 0 Å². The van der Waals surface area contributed by atoms with E-state index in [0.717, 1.165) is 5.69 Å². The highest BCUT2D eigenvalue weighted by atomic mass is 14.8. The van der Waals surface area contributed by atoms with Gasteiger partial charge in [0.15, 0.2) is 0 Å². The van der Waals surface area contributed by atoms with Crippen LogP contribution in [0.15, 0.2) is 54.6 Å². The molecule has 1 aromatic heterocycles. The van der Waals surface area contributed by atoms with Crippen LogP contribution >= 0.6 is 0 Å². The SMILES string of the molecule is CNc1cc(C)ccc1-c1ccc2c(c1)[nH]c1cc(C)ccc12. The van der Waals surface area contributed by atoms with Gasteiger partial charge in [-0.15, -0.1) is 0 Å². The highest BCUT2D eigenvalue weighted by Gasteiger charge is 2.08. The fraction of sp³-hybridized carbons (Fsp3) is 0.143. The van der Waals surface area contributed by atoms with E-state index in [0.29, 0.717) is 0 Å². The molecule has 2 heteroatoms. The van der Waals surface area contributed by atoms with Gasteiger partial charge in [-0.1, -0.05) is 36.4 Å². The molecule has 23 heavy (non-hydrogen) atoms. The summed E-state index contributed by atoms with van der Waals surface area (Å²) in [5.41, 5.74) is 8.55. The first kappa shape index (κ1) is 13.9. The zero-order valence-corrected chi connectivity index (χ0v) is 13.7. The first-order valence-corrected chi connectivity index (χ1v) is 7.96. The smallest absolute Gasteiger partial charge is 0.0471 e. The maximum absolute atomic E-state index is 3.56. The number of hydrogen-bond acceptors (Lipinski definition) is 1. The van der Waals surface area contributed by atoms with Crippen LogP contribution in [0.3, 0.4) is 0 Å². The standard InChI is InChI=1S/C21H20N2/c1-13-4-7-16(19(10-13)22-3)15-6-9-18-17-8-5-14(2)11-20(17)23-21(18)12-15/h4-12,22-23H,1-3H3. The highest BCUT2D eigenvalue weighted by molar-refractivity contribution is 6.08. The third-order valence-corrected chi connectivity index (χ3v) is 4.51. The van der Waals surface area contributed by atoms with Crippen LogP contribution in [0.5, 0.6) is 0 Å². The van der Waals surface area contributed by atoms with Crippen LogP contribution < -0.4 is 5.32 Å². The Kier molecular flexibility index (Phi) is 3.12. The Morgan fingerprint density at radius 2 is 1.39 bits per heavy atom. The van der Waals surface area contributed by atoms with Crippen LogP contribution in [-0.2, 0) is 0 Å². The molecule has 0 aliphatic carbocycles. The summed E-state index contributed by atoms with van der Waals surface area (Å²) in [7, 11) is 1.97. The second-order valence-corrected chi connectivity index (χ2v) is 6.23. The second kappa shape index (κ2) is 5.17. The molecule has 0 saturated heterocycles. The Labute approximate surface area is 136 Å². The minimum atomic E-state index is 1.16. The number of aromatic amines is 1. The van der Waals surface area contributed by atoms with Gasteiger partial charge in [0, 0.05) is 40.1 Å². The monoisotopic (exact) mass is 300 g/mol. The number of hydrogen-bond donors (Lipinski definition) is 2. The van der Waals surface area contributed by atoms with Crippen LogP contribution in [0, 0.1) is 13.8 Å². The average molecular weight is 300 g/mol. The molecule has 0 amide bonds. The lowest BCUT2D eigenvalue weighted by molar-refractivity contribution is 1.42. The number of aryl methyl sites for hydroxylation is 2. The predicted octanol–water partition coefficient (Wildman–Crippen LogP) is 5.65. The summed E-state index contributed by atoms with van der Waals surface area (Å²) < 4.78 is 0. The Hall–Kier alpha value is -2.74. The summed E-state index contributed by atoms with van der Waals surface area (Å²) in [4.78, 5) is 3.56. The number of rotatable bonds is 2. The van der Waals surface area contributed by atoms with E-state index >= 15 is 0 Å². The summed E-state index contributed by atoms with van der Waals surface area (Å²) in [6, 6.07) is 19.8. The van der Waals surface area contributed by atoms with Crippen molar-refractivity contribution in [3.63, 3.8) is 0 Å². The van der Waals surface area contributed by atoms with Crippen molar-refractivity contribution in [2.24, 2.45) is 0 Å². The zero-order chi connectivity index (χ0) is 16.0. The summed E-state index contributed by atoms with van der Waals surface area (Å²) in [5, 5.41) is 5.87. The van der Waals surface area contributed by atoms with Crippen LogP contribution in [0.2, 0.25) is 0 Å². The molecule has 0 aliphatic heterocycles. The van der Waals surface area contributed by atoms with Gasteiger partial charge in [-0.25, -0.2) is 0 Å². The summed E-state index contributed by atoms with van der Waals surface area (Å²) in [6.07, 6.45) is 0. The molecule has 0 saturated carbocycles. The van der Waals surface area contributed by atoms with Gasteiger partial charge in [0.2, 0.25) is 0 Å². The quantitative estimate of drug-likeness (QED) is 0.492. The normalized spacial score (nSPS) is 11.3. The van der Waals surface area contributed by atoms with Crippen LogP contribution in [0.25, 0.3) is 32.9 Å². The number of H-pyrrole nitrogens is 1. The molecule has 0 spiro atoms. The number of anilines is 1. The molecule has 0 bridgehead atoms. The molecule has 114 valence electrons. The number of benzene rings is 3. The van der Waals surface area contributed by atoms with Crippen LogP contribution in [-0.4, -0.2) is 12.0 Å². The molecule has 1 heterocycles. The maximum Gasteiger partial charge on any atom is 0.0471 e. The molecule has 0 aliphatic rings. The third kappa shape index (κ3) is 2.27. The van der Waals surface area contributed by atoms with Gasteiger partial charge in [0.25, 0.3) is 0 Å². The Morgan fingerprint density at radius 3 is 2.17 bits per heavy atom. The van der Waals surface area contributed by atoms with Crippen molar-refractivity contribution in [1.82, 2.24) is 4.98 Å². The Bertz CT molecular complexity index is 1020. The van der Waals surface area contributed by atoms with Crippen molar-refractivity contribution in [2.45, 2.75) is 13.8 Å². The van der Waals surface area contributed by atoms with Gasteiger partial charge in [-0.2, -0.15) is 0 Å². The molecule has 2 N–H and O–H groups in total. The van der Waals surface area contributed by atoms with Gasteiger partial charge in [-0.05, 0) is 48.7 Å². The number of nitrogens with one attached hydrogen (secondary N) is 2. The van der Waals surface area contributed by atoms with Crippen molar-refractivity contribution >= 4 is 27.5 Å². The van der Waals surface area contributed by atoms with E-state index < -0.39 is 0 Å². The zero-order valence-electron chi connectivity index (χ0n) is 13.7. The van der Waals surface area contributed by atoms with Crippen molar-refractivity contribution in [3.8, 4) is 11.1 Å². The minimum Gasteiger partial charge on any atom is -0.388 e. The first-order chi connectivity index (χ1) is 11.2. The van der Waals surface area contributed by atoms with Gasteiger partial charge in [-0.3, -0.25) is 0 Å². The van der Waals surface area contributed by atoms with Crippen LogP contribution in [0.4, 0.5) is 5.69 Å². The summed E-state index contributed by atoms with van der Waals surface area (Å²) in [6.45, 7) is 4.25. The maximum atomic E-state index is 3.56.